The van der Waals surface area contributed by atoms with E-state index >= 15 is 0 Å². The Morgan fingerprint density at radius 1 is 1.70 bits per heavy atom. The maximum atomic E-state index is 8.41. The van der Waals surface area contributed by atoms with Gasteiger partial charge in [-0.3, -0.25) is 0 Å². The molecule has 50 valence electrons. The van der Waals surface area contributed by atoms with Gasteiger partial charge in [0, 0.05) is 0 Å². The van der Waals surface area contributed by atoms with Crippen molar-refractivity contribution < 1.29 is 0 Å². The van der Waals surface area contributed by atoms with Gasteiger partial charge < -0.3 is 5.73 Å². The van der Waals surface area contributed by atoms with E-state index in [1.807, 2.05) is 28.7 Å². The SMILES string of the molecule is N#Cc1nc(I)cnc1N. The van der Waals surface area contributed by atoms with Crippen molar-refractivity contribution in [3.63, 3.8) is 0 Å². The lowest BCUT2D eigenvalue weighted by atomic mass is 10.4. The summed E-state index contributed by atoms with van der Waals surface area (Å²) in [6.45, 7) is 0. The molecule has 0 aliphatic heterocycles. The zero-order chi connectivity index (χ0) is 7.56. The number of hydrogen-bond acceptors (Lipinski definition) is 4. The first-order chi connectivity index (χ1) is 4.74. The van der Waals surface area contributed by atoms with Gasteiger partial charge in [0.15, 0.2) is 11.5 Å². The second-order valence-corrected chi connectivity index (χ2v) is 2.64. The van der Waals surface area contributed by atoms with E-state index in [4.69, 9.17) is 11.0 Å². The normalized spacial score (nSPS) is 8.80. The quantitative estimate of drug-likeness (QED) is 0.677. The summed E-state index contributed by atoms with van der Waals surface area (Å²) in [4.78, 5) is 7.56. The molecule has 0 spiro atoms. The van der Waals surface area contributed by atoms with Crippen LogP contribution in [0.2, 0.25) is 0 Å². The van der Waals surface area contributed by atoms with Gasteiger partial charge in [0.05, 0.1) is 6.20 Å². The average Bonchev–Trinajstić information content (AvgIpc) is 1.94. The van der Waals surface area contributed by atoms with E-state index in [2.05, 4.69) is 9.97 Å². The van der Waals surface area contributed by atoms with Crippen LogP contribution < -0.4 is 5.73 Å². The number of rotatable bonds is 0. The Morgan fingerprint density at radius 2 is 2.40 bits per heavy atom. The Balaban J connectivity index is 3.25. The maximum Gasteiger partial charge on any atom is 0.183 e. The molecule has 0 saturated heterocycles. The van der Waals surface area contributed by atoms with Crippen molar-refractivity contribution in [1.82, 2.24) is 9.97 Å². The van der Waals surface area contributed by atoms with Crippen molar-refractivity contribution in [2.24, 2.45) is 0 Å². The molecule has 0 unspecified atom stereocenters. The van der Waals surface area contributed by atoms with E-state index in [1.54, 1.807) is 0 Å². The number of hydrogen-bond donors (Lipinski definition) is 1. The van der Waals surface area contributed by atoms with E-state index in [0.29, 0.717) is 3.70 Å². The molecule has 10 heavy (non-hydrogen) atoms. The van der Waals surface area contributed by atoms with Crippen LogP contribution >= 0.6 is 22.6 Å². The van der Waals surface area contributed by atoms with Crippen LogP contribution in [0.4, 0.5) is 5.82 Å². The third-order valence-corrected chi connectivity index (χ3v) is 1.40. The second kappa shape index (κ2) is 2.79. The van der Waals surface area contributed by atoms with Crippen LogP contribution in [-0.4, -0.2) is 9.97 Å². The number of halogens is 1. The molecule has 0 saturated carbocycles. The van der Waals surface area contributed by atoms with Crippen LogP contribution in [-0.2, 0) is 0 Å². The smallest absolute Gasteiger partial charge is 0.183 e. The summed E-state index contributed by atoms with van der Waals surface area (Å²) in [5.41, 5.74) is 5.49. The van der Waals surface area contributed by atoms with Gasteiger partial charge in [-0.1, -0.05) is 0 Å². The standard InChI is InChI=1S/C5H3IN4/c6-4-2-9-5(8)3(1-7)10-4/h2H,(H2,8,9). The zero-order valence-electron chi connectivity index (χ0n) is 4.87. The van der Waals surface area contributed by atoms with Crippen LogP contribution in [0.25, 0.3) is 0 Å². The maximum absolute atomic E-state index is 8.41. The molecule has 0 atom stereocenters. The molecule has 2 N–H and O–H groups in total. The average molecular weight is 246 g/mol. The molecule has 0 bridgehead atoms. The number of nitrogens with two attached hydrogens (primary N) is 1. The van der Waals surface area contributed by atoms with Gasteiger partial charge in [-0.2, -0.15) is 5.26 Å². The molecule has 0 fully saturated rings. The molecule has 0 aliphatic rings. The van der Waals surface area contributed by atoms with Crippen molar-refractivity contribution in [3.8, 4) is 6.07 Å². The summed E-state index contributed by atoms with van der Waals surface area (Å²) in [5, 5.41) is 8.41. The highest BCUT2D eigenvalue weighted by Crippen LogP contribution is 2.05. The number of nitrogen functional groups attached to an aromatic ring is 1. The number of nitriles is 1. The first-order valence-electron chi connectivity index (χ1n) is 2.42. The Bertz CT molecular complexity index is 290. The highest BCUT2D eigenvalue weighted by Gasteiger charge is 1.99. The van der Waals surface area contributed by atoms with Gasteiger partial charge in [0.2, 0.25) is 0 Å². The van der Waals surface area contributed by atoms with E-state index in [1.165, 1.54) is 6.20 Å². The van der Waals surface area contributed by atoms with E-state index in [9.17, 15) is 0 Å². The third-order valence-electron chi connectivity index (χ3n) is 0.877. The van der Waals surface area contributed by atoms with Gasteiger partial charge >= 0.3 is 0 Å². The minimum atomic E-state index is 0.183. The number of nitrogens with zero attached hydrogens (tertiary/aromatic N) is 3. The summed E-state index contributed by atoms with van der Waals surface area (Å²) < 4.78 is 0.670. The summed E-state index contributed by atoms with van der Waals surface area (Å²) in [6.07, 6.45) is 1.51. The van der Waals surface area contributed by atoms with E-state index in [-0.39, 0.29) is 11.5 Å². The van der Waals surface area contributed by atoms with Crippen molar-refractivity contribution >= 4 is 28.4 Å². The van der Waals surface area contributed by atoms with Crippen LogP contribution in [0.3, 0.4) is 0 Å². The first kappa shape index (κ1) is 7.21. The fourth-order valence-corrected chi connectivity index (χ4v) is 0.840. The Kier molecular flexibility index (Phi) is 2.01. The minimum Gasteiger partial charge on any atom is -0.381 e. The van der Waals surface area contributed by atoms with Crippen LogP contribution in [0, 0.1) is 15.0 Å². The number of anilines is 1. The lowest BCUT2D eigenvalue weighted by Crippen LogP contribution is -1.98. The van der Waals surface area contributed by atoms with Crippen molar-refractivity contribution in [1.29, 1.82) is 5.26 Å². The highest BCUT2D eigenvalue weighted by atomic mass is 127. The van der Waals surface area contributed by atoms with Crippen molar-refractivity contribution in [3.05, 3.63) is 15.6 Å². The molecule has 1 aromatic rings. The van der Waals surface area contributed by atoms with Crippen LogP contribution in [0.1, 0.15) is 5.69 Å². The lowest BCUT2D eigenvalue weighted by molar-refractivity contribution is 1.14. The zero-order valence-corrected chi connectivity index (χ0v) is 7.03. The van der Waals surface area contributed by atoms with Gasteiger partial charge in [-0.25, -0.2) is 9.97 Å². The predicted molar refractivity (Wildman–Crippen MR) is 43.9 cm³/mol. The Hall–Kier alpha value is -0.900. The molecule has 1 heterocycles. The lowest BCUT2D eigenvalue weighted by Gasteiger charge is -1.93. The van der Waals surface area contributed by atoms with E-state index in [0.717, 1.165) is 0 Å². The molecule has 4 nitrogen and oxygen atoms in total. The Morgan fingerprint density at radius 3 is 2.90 bits per heavy atom. The fourth-order valence-electron chi connectivity index (χ4n) is 0.459. The summed E-state index contributed by atoms with van der Waals surface area (Å²) in [6, 6.07) is 1.83. The molecule has 0 aliphatic carbocycles. The van der Waals surface area contributed by atoms with E-state index < -0.39 is 0 Å². The molecule has 0 aromatic carbocycles. The van der Waals surface area contributed by atoms with Crippen molar-refractivity contribution in [2.45, 2.75) is 0 Å². The van der Waals surface area contributed by atoms with Gasteiger partial charge in [0.25, 0.3) is 0 Å². The summed E-state index contributed by atoms with van der Waals surface area (Å²) in [7, 11) is 0. The van der Waals surface area contributed by atoms with Gasteiger partial charge in [-0.15, -0.1) is 0 Å². The number of aromatic nitrogens is 2. The topological polar surface area (TPSA) is 75.6 Å². The molecule has 1 aromatic heterocycles. The molecule has 0 radical (unpaired) electrons. The van der Waals surface area contributed by atoms with Crippen LogP contribution in [0.15, 0.2) is 6.20 Å². The first-order valence-corrected chi connectivity index (χ1v) is 3.50. The molecule has 5 heteroatoms. The van der Waals surface area contributed by atoms with Gasteiger partial charge in [-0.05, 0) is 22.6 Å². The second-order valence-electron chi connectivity index (χ2n) is 1.54. The predicted octanol–water partition coefficient (Wildman–Crippen LogP) is 0.535. The highest BCUT2D eigenvalue weighted by molar-refractivity contribution is 14.1. The molecule has 1 rings (SSSR count). The monoisotopic (exact) mass is 246 g/mol. The Labute approximate surface area is 71.2 Å². The largest absolute Gasteiger partial charge is 0.381 e. The van der Waals surface area contributed by atoms with Gasteiger partial charge in [0.1, 0.15) is 9.77 Å². The molecular weight excluding hydrogens is 243 g/mol. The third kappa shape index (κ3) is 1.33. The minimum absolute atomic E-state index is 0.183. The summed E-state index contributed by atoms with van der Waals surface area (Å²) >= 11 is 1.97. The molecule has 0 amide bonds. The van der Waals surface area contributed by atoms with Crippen LogP contribution in [0.5, 0.6) is 0 Å². The summed E-state index contributed by atoms with van der Waals surface area (Å²) in [5.74, 6) is 0.183. The fraction of sp³-hybridized carbons (Fsp3) is 0. The molecular formula is C5H3IN4. The van der Waals surface area contributed by atoms with Crippen molar-refractivity contribution in [2.75, 3.05) is 5.73 Å².